The fraction of sp³-hybridized carbons (Fsp3) is 0.900. The van der Waals surface area contributed by atoms with Crippen LogP contribution in [-0.4, -0.2) is 30.4 Å². The first kappa shape index (κ1) is 9.00. The quantitative estimate of drug-likeness (QED) is 0.694. The number of likely N-dealkylation sites (tertiary alicyclic amines) is 1. The molecule has 2 rings (SSSR count). The molecular weight excluding hydrogens is 164 g/mol. The van der Waals surface area contributed by atoms with Gasteiger partial charge in [-0.1, -0.05) is 6.42 Å². The lowest BCUT2D eigenvalue weighted by Gasteiger charge is -2.42. The lowest BCUT2D eigenvalue weighted by molar-refractivity contribution is -0.144. The van der Waals surface area contributed by atoms with E-state index >= 15 is 0 Å². The molecule has 1 saturated carbocycles. The molecule has 3 nitrogen and oxygen atoms in total. The Morgan fingerprint density at radius 2 is 2.08 bits per heavy atom. The summed E-state index contributed by atoms with van der Waals surface area (Å²) in [5.41, 5.74) is 5.45. The number of amides is 1. The van der Waals surface area contributed by atoms with Gasteiger partial charge >= 0.3 is 0 Å². The minimum Gasteiger partial charge on any atom is -0.342 e. The van der Waals surface area contributed by atoms with Crippen molar-refractivity contribution in [3.63, 3.8) is 0 Å². The van der Waals surface area contributed by atoms with E-state index in [4.69, 9.17) is 5.73 Å². The van der Waals surface area contributed by atoms with E-state index in [1.54, 1.807) is 0 Å². The van der Waals surface area contributed by atoms with Crippen LogP contribution in [0.5, 0.6) is 0 Å². The highest BCUT2D eigenvalue weighted by Crippen LogP contribution is 2.31. The van der Waals surface area contributed by atoms with Gasteiger partial charge in [-0.25, -0.2) is 0 Å². The molecular formula is C10H18N2O. The summed E-state index contributed by atoms with van der Waals surface area (Å²) in [5, 5.41) is 0. The van der Waals surface area contributed by atoms with E-state index in [1.165, 1.54) is 6.42 Å². The largest absolute Gasteiger partial charge is 0.342 e. The lowest BCUT2D eigenvalue weighted by Crippen LogP contribution is -2.53. The monoisotopic (exact) mass is 182 g/mol. The first-order valence-electron chi connectivity index (χ1n) is 5.30. The van der Waals surface area contributed by atoms with Crippen molar-refractivity contribution < 1.29 is 4.79 Å². The molecule has 1 aliphatic heterocycles. The van der Waals surface area contributed by atoms with Crippen LogP contribution in [0.3, 0.4) is 0 Å². The number of hydrogen-bond donors (Lipinski definition) is 1. The van der Waals surface area contributed by atoms with Gasteiger partial charge in [0.15, 0.2) is 0 Å². The van der Waals surface area contributed by atoms with E-state index in [0.717, 1.165) is 38.9 Å². The summed E-state index contributed by atoms with van der Waals surface area (Å²) in [5.74, 6) is 1.47. The summed E-state index contributed by atoms with van der Waals surface area (Å²) in [6, 6.07) is 0. The van der Waals surface area contributed by atoms with Gasteiger partial charge in [-0.3, -0.25) is 4.79 Å². The summed E-state index contributed by atoms with van der Waals surface area (Å²) >= 11 is 0. The molecule has 0 aromatic heterocycles. The van der Waals surface area contributed by atoms with Crippen LogP contribution in [0.4, 0.5) is 0 Å². The highest BCUT2D eigenvalue weighted by atomic mass is 16.2. The van der Waals surface area contributed by atoms with Gasteiger partial charge in [-0.2, -0.15) is 0 Å². The number of rotatable bonds is 3. The summed E-state index contributed by atoms with van der Waals surface area (Å²) in [7, 11) is 0. The Hall–Kier alpha value is -0.570. The first-order valence-corrected chi connectivity index (χ1v) is 5.30. The second-order valence-electron chi connectivity index (χ2n) is 4.31. The normalized spacial score (nSPS) is 23.9. The zero-order valence-corrected chi connectivity index (χ0v) is 8.04. The van der Waals surface area contributed by atoms with Crippen LogP contribution in [0.15, 0.2) is 0 Å². The van der Waals surface area contributed by atoms with Gasteiger partial charge in [-0.05, 0) is 31.7 Å². The van der Waals surface area contributed by atoms with Crippen molar-refractivity contribution in [3.05, 3.63) is 0 Å². The summed E-state index contributed by atoms with van der Waals surface area (Å²) < 4.78 is 0. The van der Waals surface area contributed by atoms with Crippen molar-refractivity contribution in [1.82, 2.24) is 4.90 Å². The molecule has 0 spiro atoms. The van der Waals surface area contributed by atoms with Gasteiger partial charge < -0.3 is 10.6 Å². The smallest absolute Gasteiger partial charge is 0.225 e. The van der Waals surface area contributed by atoms with Crippen molar-refractivity contribution in [2.45, 2.75) is 25.7 Å². The number of nitrogens with two attached hydrogens (primary N) is 1. The molecule has 1 saturated heterocycles. The number of carbonyl (C=O) groups is 1. The predicted molar refractivity (Wildman–Crippen MR) is 51.1 cm³/mol. The first-order chi connectivity index (χ1) is 6.31. The van der Waals surface area contributed by atoms with Gasteiger partial charge in [0.05, 0.1) is 0 Å². The Bertz CT molecular complexity index is 195. The molecule has 2 fully saturated rings. The molecule has 0 unspecified atom stereocenters. The van der Waals surface area contributed by atoms with E-state index in [0.29, 0.717) is 17.7 Å². The fourth-order valence-corrected chi connectivity index (χ4v) is 2.08. The minimum atomic E-state index is 0.374. The Balaban J connectivity index is 1.70. The Labute approximate surface area is 79.3 Å². The molecule has 0 aromatic rings. The summed E-state index contributed by atoms with van der Waals surface area (Å²) in [4.78, 5) is 13.7. The number of nitrogens with zero attached hydrogens (tertiary/aromatic N) is 1. The second-order valence-corrected chi connectivity index (χ2v) is 4.31. The highest BCUT2D eigenvalue weighted by molar-refractivity contribution is 5.80. The topological polar surface area (TPSA) is 46.3 Å². The molecule has 2 N–H and O–H groups in total. The zero-order chi connectivity index (χ0) is 9.26. The predicted octanol–water partition coefficient (Wildman–Crippen LogP) is 0.594. The van der Waals surface area contributed by atoms with Crippen LogP contribution in [-0.2, 0) is 4.79 Å². The fourth-order valence-electron chi connectivity index (χ4n) is 2.08. The number of hydrogen-bond acceptors (Lipinski definition) is 2. The molecule has 3 heteroatoms. The maximum atomic E-state index is 11.7. The average Bonchev–Trinajstić information content (AvgIpc) is 1.91. The Kier molecular flexibility index (Phi) is 2.54. The third-order valence-corrected chi connectivity index (χ3v) is 3.30. The van der Waals surface area contributed by atoms with Crippen LogP contribution in [0.25, 0.3) is 0 Å². The van der Waals surface area contributed by atoms with Gasteiger partial charge in [0.25, 0.3) is 0 Å². The Morgan fingerprint density at radius 3 is 2.54 bits per heavy atom. The van der Waals surface area contributed by atoms with Gasteiger partial charge in [0.1, 0.15) is 0 Å². The highest BCUT2D eigenvalue weighted by Gasteiger charge is 2.35. The van der Waals surface area contributed by atoms with Crippen LogP contribution >= 0.6 is 0 Å². The minimum absolute atomic E-state index is 0.374. The van der Waals surface area contributed by atoms with Crippen molar-refractivity contribution in [1.29, 1.82) is 0 Å². The van der Waals surface area contributed by atoms with Crippen molar-refractivity contribution in [3.8, 4) is 0 Å². The van der Waals surface area contributed by atoms with E-state index < -0.39 is 0 Å². The van der Waals surface area contributed by atoms with Gasteiger partial charge in [-0.15, -0.1) is 0 Å². The van der Waals surface area contributed by atoms with Crippen molar-refractivity contribution >= 4 is 5.91 Å². The molecule has 1 aliphatic carbocycles. The third-order valence-electron chi connectivity index (χ3n) is 3.30. The maximum Gasteiger partial charge on any atom is 0.225 e. The van der Waals surface area contributed by atoms with Crippen LogP contribution in [0.2, 0.25) is 0 Å². The van der Waals surface area contributed by atoms with E-state index in [1.807, 2.05) is 4.90 Å². The summed E-state index contributed by atoms with van der Waals surface area (Å²) in [6.45, 7) is 2.69. The maximum absolute atomic E-state index is 11.7. The standard InChI is InChI=1S/C10H18N2O/c11-5-4-8-6-12(7-8)10(13)9-2-1-3-9/h8-9H,1-7,11H2. The Morgan fingerprint density at radius 1 is 1.38 bits per heavy atom. The van der Waals surface area contributed by atoms with Gasteiger partial charge in [0, 0.05) is 19.0 Å². The lowest BCUT2D eigenvalue weighted by atomic mass is 9.82. The van der Waals surface area contributed by atoms with E-state index in [-0.39, 0.29) is 0 Å². The summed E-state index contributed by atoms with van der Waals surface area (Å²) in [6.07, 6.45) is 4.57. The third kappa shape index (κ3) is 1.70. The van der Waals surface area contributed by atoms with Crippen LogP contribution in [0.1, 0.15) is 25.7 Å². The van der Waals surface area contributed by atoms with Crippen molar-refractivity contribution in [2.75, 3.05) is 19.6 Å². The van der Waals surface area contributed by atoms with Crippen molar-refractivity contribution in [2.24, 2.45) is 17.6 Å². The molecule has 0 atom stereocenters. The second kappa shape index (κ2) is 3.66. The van der Waals surface area contributed by atoms with Crippen LogP contribution in [0, 0.1) is 11.8 Å². The average molecular weight is 182 g/mol. The molecule has 1 heterocycles. The molecule has 74 valence electrons. The molecule has 1 amide bonds. The molecule has 13 heavy (non-hydrogen) atoms. The molecule has 0 bridgehead atoms. The van der Waals surface area contributed by atoms with Gasteiger partial charge in [0.2, 0.25) is 5.91 Å². The zero-order valence-electron chi connectivity index (χ0n) is 8.04. The van der Waals surface area contributed by atoms with E-state index in [9.17, 15) is 4.79 Å². The molecule has 0 aromatic carbocycles. The molecule has 2 aliphatic rings. The van der Waals surface area contributed by atoms with E-state index in [2.05, 4.69) is 0 Å². The van der Waals surface area contributed by atoms with Crippen LogP contribution < -0.4 is 5.73 Å². The molecule has 0 radical (unpaired) electrons. The number of carbonyl (C=O) groups excluding carboxylic acids is 1. The SMILES string of the molecule is NCCC1CN(C(=O)C2CCC2)C1.